The van der Waals surface area contributed by atoms with Crippen LogP contribution in [0.4, 0.5) is 0 Å². The molecule has 0 aromatic rings. The van der Waals surface area contributed by atoms with Crippen molar-refractivity contribution in [3.63, 3.8) is 0 Å². The molecule has 0 aromatic carbocycles. The van der Waals surface area contributed by atoms with Crippen molar-refractivity contribution in [1.82, 2.24) is 0 Å². The van der Waals surface area contributed by atoms with Gasteiger partial charge in [-0.15, -0.1) is 0 Å². The first-order chi connectivity index (χ1) is 15.5. The van der Waals surface area contributed by atoms with Crippen molar-refractivity contribution in [2.24, 2.45) is 23.2 Å². The molecule has 3 atom stereocenters. The van der Waals surface area contributed by atoms with Gasteiger partial charge in [-0.05, 0) is 68.8 Å². The van der Waals surface area contributed by atoms with Gasteiger partial charge in [-0.2, -0.15) is 0 Å². The lowest BCUT2D eigenvalue weighted by atomic mass is 9.74. The molecule has 1 rings (SSSR count). The molecule has 1 aliphatic rings. The number of allylic oxidation sites excluding steroid dienone is 4. The van der Waals surface area contributed by atoms with Crippen molar-refractivity contribution in [2.75, 3.05) is 0 Å². The van der Waals surface area contributed by atoms with Gasteiger partial charge in [0.05, 0.1) is 6.42 Å². The molecule has 0 N–H and O–H groups in total. The lowest BCUT2D eigenvalue weighted by Gasteiger charge is -2.31. The van der Waals surface area contributed by atoms with E-state index in [1.54, 1.807) is 0 Å². The molecule has 188 valence electrons. The third kappa shape index (κ3) is 10.1. The highest BCUT2D eigenvalue weighted by Gasteiger charge is 2.30. The van der Waals surface area contributed by atoms with Crippen LogP contribution in [0.25, 0.3) is 0 Å². The van der Waals surface area contributed by atoms with Crippen LogP contribution in [0.1, 0.15) is 126 Å². The molecule has 0 bridgehead atoms. The average Bonchev–Trinajstić information content (AvgIpc) is 2.71. The van der Waals surface area contributed by atoms with Crippen LogP contribution in [-0.4, -0.2) is 17.3 Å². The number of hydrogen-bond acceptors (Lipinski definition) is 3. The summed E-state index contributed by atoms with van der Waals surface area (Å²) in [5, 5.41) is 0. The molecule has 0 saturated carbocycles. The number of Topliss-reactive ketones (excluding diaryl/α,β-unsaturated/α-hetero) is 3. The highest BCUT2D eigenvalue weighted by molar-refractivity contribution is 5.99. The van der Waals surface area contributed by atoms with Gasteiger partial charge in [0, 0.05) is 18.8 Å². The van der Waals surface area contributed by atoms with E-state index in [0.29, 0.717) is 24.5 Å². The maximum absolute atomic E-state index is 13.1. The highest BCUT2D eigenvalue weighted by Crippen LogP contribution is 2.38. The molecule has 3 nitrogen and oxygen atoms in total. The van der Waals surface area contributed by atoms with Crippen molar-refractivity contribution in [1.29, 1.82) is 0 Å². The molecular weight excluding hydrogens is 408 g/mol. The van der Waals surface area contributed by atoms with Crippen LogP contribution in [0.2, 0.25) is 0 Å². The Bertz CT molecular complexity index is 710. The molecule has 1 aliphatic carbocycles. The Morgan fingerprint density at radius 3 is 2.42 bits per heavy atom. The van der Waals surface area contributed by atoms with E-state index in [2.05, 4.69) is 53.7 Å². The predicted octanol–water partition coefficient (Wildman–Crippen LogP) is 8.22. The fraction of sp³-hybridized carbons (Fsp3) is 0.767. The maximum atomic E-state index is 13.1. The Balaban J connectivity index is 3.01. The van der Waals surface area contributed by atoms with Gasteiger partial charge in [0.15, 0.2) is 0 Å². The number of hydrogen-bond donors (Lipinski definition) is 0. The molecule has 0 radical (unpaired) electrons. The molecule has 0 amide bonds. The molecule has 0 aromatic heterocycles. The second-order valence-electron chi connectivity index (χ2n) is 11.1. The first-order valence-electron chi connectivity index (χ1n) is 13.5. The summed E-state index contributed by atoms with van der Waals surface area (Å²) in [6.07, 6.45) is 15.0. The van der Waals surface area contributed by atoms with E-state index < -0.39 is 0 Å². The molecule has 3 unspecified atom stereocenters. The van der Waals surface area contributed by atoms with Crippen LogP contribution < -0.4 is 0 Å². The van der Waals surface area contributed by atoms with E-state index in [4.69, 9.17) is 0 Å². The smallest absolute Gasteiger partial charge is 0.143 e. The standard InChI is InChI=1S/C30H50O3/c1-8-11-17-30(6,7)28-16-13-12-15-24(21-26(32)18-22(28)4)20-25(14-9-2)27(10-3)29(33)19-23(5)31/h13,16,24-25,27H,8-12,14-15,17-21H2,1-7H3/b16-13-,28-22+. The van der Waals surface area contributed by atoms with Crippen LogP contribution >= 0.6 is 0 Å². The molecule has 0 spiro atoms. The maximum Gasteiger partial charge on any atom is 0.143 e. The second-order valence-corrected chi connectivity index (χ2v) is 11.1. The zero-order chi connectivity index (χ0) is 25.0. The molecule has 33 heavy (non-hydrogen) atoms. The van der Waals surface area contributed by atoms with E-state index in [-0.39, 0.29) is 35.2 Å². The van der Waals surface area contributed by atoms with Crippen LogP contribution in [0.5, 0.6) is 0 Å². The Kier molecular flexibility index (Phi) is 13.1. The van der Waals surface area contributed by atoms with Gasteiger partial charge in [-0.1, -0.05) is 78.0 Å². The summed E-state index contributed by atoms with van der Waals surface area (Å²) in [5.74, 6) is 0.870. The second kappa shape index (κ2) is 14.7. The molecular formula is C30H50O3. The summed E-state index contributed by atoms with van der Waals surface area (Å²) in [7, 11) is 0. The minimum absolute atomic E-state index is 0.0473. The largest absolute Gasteiger partial charge is 0.300 e. The number of carbonyl (C=O) groups is 3. The van der Waals surface area contributed by atoms with Gasteiger partial charge in [-0.3, -0.25) is 14.4 Å². The average molecular weight is 459 g/mol. The molecule has 0 saturated heterocycles. The van der Waals surface area contributed by atoms with E-state index in [9.17, 15) is 14.4 Å². The summed E-state index contributed by atoms with van der Waals surface area (Å²) in [6, 6.07) is 0. The number of rotatable bonds is 13. The van der Waals surface area contributed by atoms with Crippen molar-refractivity contribution in [3.05, 3.63) is 23.3 Å². The zero-order valence-electron chi connectivity index (χ0n) is 22.6. The van der Waals surface area contributed by atoms with Gasteiger partial charge in [0.1, 0.15) is 17.3 Å². The van der Waals surface area contributed by atoms with E-state index in [1.165, 1.54) is 30.9 Å². The zero-order valence-corrected chi connectivity index (χ0v) is 22.6. The molecule has 0 heterocycles. The Labute approximate surface area is 203 Å². The topological polar surface area (TPSA) is 51.2 Å². The number of carbonyl (C=O) groups excluding carboxylic acids is 3. The molecule has 0 fully saturated rings. The monoisotopic (exact) mass is 458 g/mol. The quantitative estimate of drug-likeness (QED) is 0.261. The van der Waals surface area contributed by atoms with Crippen molar-refractivity contribution in [2.45, 2.75) is 126 Å². The third-order valence-corrected chi connectivity index (χ3v) is 7.49. The minimum Gasteiger partial charge on any atom is -0.300 e. The normalized spacial score (nSPS) is 23.1. The first-order valence-corrected chi connectivity index (χ1v) is 13.5. The Hall–Kier alpha value is -1.51. The van der Waals surface area contributed by atoms with Crippen molar-refractivity contribution >= 4 is 17.3 Å². The molecule has 3 heteroatoms. The molecule has 0 aliphatic heterocycles. The van der Waals surface area contributed by atoms with Gasteiger partial charge < -0.3 is 0 Å². The van der Waals surface area contributed by atoms with Gasteiger partial charge >= 0.3 is 0 Å². The summed E-state index contributed by atoms with van der Waals surface area (Å²) >= 11 is 0. The van der Waals surface area contributed by atoms with Crippen molar-refractivity contribution in [3.8, 4) is 0 Å². The lowest BCUT2D eigenvalue weighted by Crippen LogP contribution is -2.27. The highest BCUT2D eigenvalue weighted by atomic mass is 16.1. The van der Waals surface area contributed by atoms with Gasteiger partial charge in [0.25, 0.3) is 0 Å². The van der Waals surface area contributed by atoms with E-state index in [0.717, 1.165) is 44.9 Å². The van der Waals surface area contributed by atoms with Crippen LogP contribution in [-0.2, 0) is 14.4 Å². The van der Waals surface area contributed by atoms with Gasteiger partial charge in [0.2, 0.25) is 0 Å². The minimum atomic E-state index is -0.0671. The third-order valence-electron chi connectivity index (χ3n) is 7.49. The fourth-order valence-corrected chi connectivity index (χ4v) is 5.80. The Morgan fingerprint density at radius 1 is 1.15 bits per heavy atom. The van der Waals surface area contributed by atoms with Crippen molar-refractivity contribution < 1.29 is 14.4 Å². The predicted molar refractivity (Wildman–Crippen MR) is 139 cm³/mol. The summed E-state index contributed by atoms with van der Waals surface area (Å²) in [6.45, 7) is 14.7. The Morgan fingerprint density at radius 2 is 1.85 bits per heavy atom. The number of unbranched alkanes of at least 4 members (excludes halogenated alkanes) is 1. The summed E-state index contributed by atoms with van der Waals surface area (Å²) < 4.78 is 0. The number of ketones is 3. The lowest BCUT2D eigenvalue weighted by molar-refractivity contribution is -0.129. The first kappa shape index (κ1) is 29.5. The fourth-order valence-electron chi connectivity index (χ4n) is 5.80. The van der Waals surface area contributed by atoms with E-state index in [1.807, 2.05) is 0 Å². The SMILES string of the molecule is CCCCC(C)(C)C1=C(\C)CC(=O)CC(CC(CCC)C(CC)C(=O)CC(C)=O)CC/C=C\1. The van der Waals surface area contributed by atoms with Crippen LogP contribution in [0.3, 0.4) is 0 Å². The van der Waals surface area contributed by atoms with E-state index >= 15 is 0 Å². The summed E-state index contributed by atoms with van der Waals surface area (Å²) in [5.41, 5.74) is 2.64. The van der Waals surface area contributed by atoms with Crippen LogP contribution in [0.15, 0.2) is 23.3 Å². The van der Waals surface area contributed by atoms with Crippen LogP contribution in [0, 0.1) is 23.2 Å². The summed E-state index contributed by atoms with van der Waals surface area (Å²) in [4.78, 5) is 37.4. The van der Waals surface area contributed by atoms with Gasteiger partial charge in [-0.25, -0.2) is 0 Å².